The van der Waals surface area contributed by atoms with Crippen LogP contribution in [0.2, 0.25) is 0 Å². The van der Waals surface area contributed by atoms with E-state index in [4.69, 9.17) is 10.5 Å². The number of piperazine rings is 1. The molecule has 114 valence electrons. The fraction of sp³-hybridized carbons (Fsp3) is 0.467. The van der Waals surface area contributed by atoms with Crippen molar-refractivity contribution < 1.29 is 14.3 Å². The Bertz CT molecular complexity index is 537. The first-order valence-electron chi connectivity index (χ1n) is 7.10. The van der Waals surface area contributed by atoms with E-state index >= 15 is 0 Å². The van der Waals surface area contributed by atoms with Crippen LogP contribution in [0.15, 0.2) is 18.2 Å². The smallest absolute Gasteiger partial charge is 0.409 e. The number of hydrogen-bond donors (Lipinski definition) is 1. The predicted octanol–water partition coefficient (Wildman–Crippen LogP) is 1.49. The number of carbonyl (C=O) groups excluding carboxylic acids is 2. The molecule has 1 heterocycles. The second-order valence-electron chi connectivity index (χ2n) is 5.01. The number of para-hydroxylation sites is 1. The van der Waals surface area contributed by atoms with Crippen LogP contribution in [0, 0.1) is 6.92 Å². The molecule has 2 rings (SSSR count). The van der Waals surface area contributed by atoms with E-state index in [0.29, 0.717) is 44.0 Å². The third-order valence-corrected chi connectivity index (χ3v) is 3.65. The Kier molecular flexibility index (Phi) is 4.67. The molecule has 1 fully saturated rings. The normalized spacial score (nSPS) is 15.0. The first kappa shape index (κ1) is 15.2. The molecule has 0 unspecified atom stereocenters. The highest BCUT2D eigenvalue weighted by Crippen LogP contribution is 2.19. The molecule has 1 aromatic carbocycles. The number of aryl methyl sites for hydroxylation is 1. The lowest BCUT2D eigenvalue weighted by Crippen LogP contribution is -2.50. The van der Waals surface area contributed by atoms with E-state index in [1.807, 2.05) is 19.1 Å². The first-order chi connectivity index (χ1) is 10.0. The molecule has 1 saturated heterocycles. The minimum atomic E-state index is -0.320. The zero-order valence-electron chi connectivity index (χ0n) is 12.5. The van der Waals surface area contributed by atoms with E-state index < -0.39 is 0 Å². The van der Waals surface area contributed by atoms with Crippen LogP contribution in [-0.4, -0.2) is 54.6 Å². The molecule has 0 spiro atoms. The topological polar surface area (TPSA) is 75.9 Å². The number of anilines is 1. The summed E-state index contributed by atoms with van der Waals surface area (Å²) in [4.78, 5) is 27.5. The predicted molar refractivity (Wildman–Crippen MR) is 80.1 cm³/mol. The highest BCUT2D eigenvalue weighted by molar-refractivity contribution is 5.99. The summed E-state index contributed by atoms with van der Waals surface area (Å²) in [6.45, 7) is 5.96. The summed E-state index contributed by atoms with van der Waals surface area (Å²) in [5, 5.41) is 0. The molecule has 0 aliphatic carbocycles. The Morgan fingerprint density at radius 2 is 1.81 bits per heavy atom. The van der Waals surface area contributed by atoms with Crippen molar-refractivity contribution in [2.24, 2.45) is 0 Å². The lowest BCUT2D eigenvalue weighted by Gasteiger charge is -2.34. The third-order valence-electron chi connectivity index (χ3n) is 3.65. The lowest BCUT2D eigenvalue weighted by molar-refractivity contribution is 0.0571. The van der Waals surface area contributed by atoms with Gasteiger partial charge in [-0.15, -0.1) is 0 Å². The van der Waals surface area contributed by atoms with Gasteiger partial charge >= 0.3 is 6.09 Å². The van der Waals surface area contributed by atoms with Crippen LogP contribution in [-0.2, 0) is 4.74 Å². The molecule has 1 aliphatic rings. The fourth-order valence-corrected chi connectivity index (χ4v) is 2.34. The number of ether oxygens (including phenoxy) is 1. The van der Waals surface area contributed by atoms with E-state index in [1.54, 1.807) is 22.8 Å². The fourth-order valence-electron chi connectivity index (χ4n) is 2.34. The van der Waals surface area contributed by atoms with Gasteiger partial charge in [0.25, 0.3) is 5.91 Å². The summed E-state index contributed by atoms with van der Waals surface area (Å²) < 4.78 is 4.96. The van der Waals surface area contributed by atoms with Crippen LogP contribution >= 0.6 is 0 Å². The Hall–Kier alpha value is -2.24. The third kappa shape index (κ3) is 3.26. The average molecular weight is 291 g/mol. The zero-order valence-corrected chi connectivity index (χ0v) is 12.5. The number of nitrogens with two attached hydrogens (primary N) is 1. The van der Waals surface area contributed by atoms with Gasteiger partial charge in [-0.05, 0) is 25.5 Å². The molecule has 0 atom stereocenters. The number of amides is 2. The molecule has 1 aliphatic heterocycles. The van der Waals surface area contributed by atoms with Gasteiger partial charge in [-0.25, -0.2) is 4.79 Å². The summed E-state index contributed by atoms with van der Waals surface area (Å²) in [5.74, 6) is -0.0836. The van der Waals surface area contributed by atoms with Crippen molar-refractivity contribution in [3.05, 3.63) is 29.3 Å². The zero-order chi connectivity index (χ0) is 15.4. The van der Waals surface area contributed by atoms with Crippen molar-refractivity contribution in [1.29, 1.82) is 0 Å². The maximum absolute atomic E-state index is 12.5. The van der Waals surface area contributed by atoms with Crippen LogP contribution in [0.1, 0.15) is 22.8 Å². The van der Waals surface area contributed by atoms with Gasteiger partial charge in [-0.1, -0.05) is 12.1 Å². The molecule has 2 amide bonds. The van der Waals surface area contributed by atoms with E-state index in [9.17, 15) is 9.59 Å². The molecule has 0 saturated carbocycles. The van der Waals surface area contributed by atoms with E-state index in [0.717, 1.165) is 5.56 Å². The van der Waals surface area contributed by atoms with Gasteiger partial charge in [0.1, 0.15) is 0 Å². The number of nitrogens with zero attached hydrogens (tertiary/aromatic N) is 2. The van der Waals surface area contributed by atoms with Crippen LogP contribution in [0.4, 0.5) is 10.5 Å². The Morgan fingerprint density at radius 1 is 1.19 bits per heavy atom. The van der Waals surface area contributed by atoms with Gasteiger partial charge in [0.2, 0.25) is 0 Å². The van der Waals surface area contributed by atoms with Crippen LogP contribution in [0.3, 0.4) is 0 Å². The van der Waals surface area contributed by atoms with Crippen molar-refractivity contribution in [2.45, 2.75) is 13.8 Å². The Balaban J connectivity index is 2.00. The van der Waals surface area contributed by atoms with Crippen LogP contribution < -0.4 is 5.73 Å². The summed E-state index contributed by atoms with van der Waals surface area (Å²) in [6.07, 6.45) is -0.320. The molecule has 21 heavy (non-hydrogen) atoms. The van der Waals surface area contributed by atoms with Gasteiger partial charge in [0.15, 0.2) is 0 Å². The molecule has 6 heteroatoms. The van der Waals surface area contributed by atoms with Crippen LogP contribution in [0.5, 0.6) is 0 Å². The lowest BCUT2D eigenvalue weighted by atomic mass is 10.1. The van der Waals surface area contributed by atoms with Crippen LogP contribution in [0.25, 0.3) is 0 Å². The van der Waals surface area contributed by atoms with Crippen molar-refractivity contribution in [2.75, 3.05) is 38.5 Å². The molecule has 0 radical (unpaired) electrons. The molecule has 1 aromatic rings. The van der Waals surface area contributed by atoms with E-state index in [2.05, 4.69) is 0 Å². The summed E-state index contributed by atoms with van der Waals surface area (Å²) in [7, 11) is 0. The molecule has 0 bridgehead atoms. The number of nitrogen functional groups attached to an aromatic ring is 1. The van der Waals surface area contributed by atoms with Gasteiger partial charge in [-0.3, -0.25) is 4.79 Å². The molecule has 0 aromatic heterocycles. The van der Waals surface area contributed by atoms with E-state index in [-0.39, 0.29) is 12.0 Å². The van der Waals surface area contributed by atoms with Gasteiger partial charge in [0.05, 0.1) is 12.2 Å². The summed E-state index contributed by atoms with van der Waals surface area (Å²) >= 11 is 0. The molecular formula is C15H21N3O3. The second-order valence-corrected chi connectivity index (χ2v) is 5.01. The second kappa shape index (κ2) is 6.47. The number of rotatable bonds is 2. The minimum Gasteiger partial charge on any atom is -0.450 e. The number of benzene rings is 1. The van der Waals surface area contributed by atoms with Gasteiger partial charge in [0, 0.05) is 31.9 Å². The standard InChI is InChI=1S/C15H21N3O3/c1-3-21-15(20)18-9-7-17(8-10-18)14(19)12-6-4-5-11(2)13(12)16/h4-6H,3,7-10,16H2,1-2H3. The molecule has 2 N–H and O–H groups in total. The van der Waals surface area contributed by atoms with Gasteiger partial charge in [-0.2, -0.15) is 0 Å². The Labute approximate surface area is 124 Å². The maximum atomic E-state index is 12.5. The van der Waals surface area contributed by atoms with Crippen molar-refractivity contribution in [3.63, 3.8) is 0 Å². The highest BCUT2D eigenvalue weighted by Gasteiger charge is 2.26. The highest BCUT2D eigenvalue weighted by atomic mass is 16.6. The minimum absolute atomic E-state index is 0.0836. The molecular weight excluding hydrogens is 270 g/mol. The molecule has 6 nitrogen and oxygen atoms in total. The quantitative estimate of drug-likeness (QED) is 0.838. The number of hydrogen-bond acceptors (Lipinski definition) is 4. The largest absolute Gasteiger partial charge is 0.450 e. The average Bonchev–Trinajstić information content (AvgIpc) is 2.50. The summed E-state index contributed by atoms with van der Waals surface area (Å²) in [5.41, 5.74) is 7.92. The summed E-state index contributed by atoms with van der Waals surface area (Å²) in [6, 6.07) is 5.45. The van der Waals surface area contributed by atoms with Crippen molar-refractivity contribution >= 4 is 17.7 Å². The van der Waals surface area contributed by atoms with Gasteiger partial charge < -0.3 is 20.3 Å². The van der Waals surface area contributed by atoms with Crippen molar-refractivity contribution in [3.8, 4) is 0 Å². The SMILES string of the molecule is CCOC(=O)N1CCN(C(=O)c2cccc(C)c2N)CC1. The van der Waals surface area contributed by atoms with E-state index in [1.165, 1.54) is 0 Å². The first-order valence-corrected chi connectivity index (χ1v) is 7.10. The maximum Gasteiger partial charge on any atom is 0.409 e. The van der Waals surface area contributed by atoms with Crippen molar-refractivity contribution in [1.82, 2.24) is 9.80 Å². The monoisotopic (exact) mass is 291 g/mol. The number of carbonyl (C=O) groups is 2. The Morgan fingerprint density at radius 3 is 2.43 bits per heavy atom.